The third kappa shape index (κ3) is 3.73. The van der Waals surface area contributed by atoms with Crippen LogP contribution in [0.25, 0.3) is 16.9 Å². The van der Waals surface area contributed by atoms with E-state index in [-0.39, 0.29) is 23.7 Å². The van der Waals surface area contributed by atoms with Gasteiger partial charge in [0, 0.05) is 11.8 Å². The van der Waals surface area contributed by atoms with Crippen LogP contribution in [0, 0.1) is 5.95 Å². The van der Waals surface area contributed by atoms with Gasteiger partial charge in [0.25, 0.3) is 0 Å². The molecule has 1 saturated carbocycles. The van der Waals surface area contributed by atoms with Crippen LogP contribution in [0.2, 0.25) is 0 Å². The van der Waals surface area contributed by atoms with E-state index in [1.54, 1.807) is 6.07 Å². The van der Waals surface area contributed by atoms with E-state index in [0.29, 0.717) is 23.3 Å². The number of fused-ring (bicyclic) bond motifs is 1. The first kappa shape index (κ1) is 21.1. The SMILES string of the molecule is COc1ncc(-c2cc([C@H]3C[C@@H]3c3ccc(C(F)(F)F)cc3)c3ncc(F)n3n2)c(OC)n1. The highest BCUT2D eigenvalue weighted by Gasteiger charge is 2.42. The summed E-state index contributed by atoms with van der Waals surface area (Å²) in [6.07, 6.45) is -1.15. The number of imidazole rings is 1. The third-order valence-electron chi connectivity index (χ3n) is 5.69. The van der Waals surface area contributed by atoms with Crippen molar-refractivity contribution in [3.8, 4) is 23.1 Å². The fraction of sp³-hybridized carbons (Fsp3) is 0.273. The summed E-state index contributed by atoms with van der Waals surface area (Å²) < 4.78 is 64.5. The smallest absolute Gasteiger partial charge is 0.416 e. The van der Waals surface area contributed by atoms with Crippen molar-refractivity contribution in [1.82, 2.24) is 24.6 Å². The second-order valence-corrected chi connectivity index (χ2v) is 7.65. The molecule has 0 saturated heterocycles. The molecule has 1 aliphatic carbocycles. The summed E-state index contributed by atoms with van der Waals surface area (Å²) >= 11 is 0. The van der Waals surface area contributed by atoms with E-state index in [2.05, 4.69) is 20.1 Å². The Balaban J connectivity index is 1.55. The molecule has 0 aliphatic heterocycles. The van der Waals surface area contributed by atoms with Crippen LogP contribution < -0.4 is 9.47 Å². The minimum atomic E-state index is -4.39. The quantitative estimate of drug-likeness (QED) is 0.405. The fourth-order valence-corrected chi connectivity index (χ4v) is 3.98. The van der Waals surface area contributed by atoms with Gasteiger partial charge in [-0.2, -0.15) is 32.2 Å². The number of methoxy groups -OCH3 is 2. The van der Waals surface area contributed by atoms with Crippen LogP contribution >= 0.6 is 0 Å². The molecule has 0 unspecified atom stereocenters. The second-order valence-electron chi connectivity index (χ2n) is 7.65. The molecule has 1 aromatic carbocycles. The zero-order chi connectivity index (χ0) is 23.3. The van der Waals surface area contributed by atoms with Gasteiger partial charge in [0.15, 0.2) is 5.65 Å². The number of benzene rings is 1. The highest BCUT2D eigenvalue weighted by Crippen LogP contribution is 2.56. The highest BCUT2D eigenvalue weighted by molar-refractivity contribution is 5.68. The first-order chi connectivity index (χ1) is 15.8. The van der Waals surface area contributed by atoms with E-state index >= 15 is 0 Å². The van der Waals surface area contributed by atoms with E-state index in [1.165, 1.54) is 32.5 Å². The summed E-state index contributed by atoms with van der Waals surface area (Å²) in [5, 5.41) is 4.33. The molecule has 0 bridgehead atoms. The molecule has 2 atom stereocenters. The van der Waals surface area contributed by atoms with Crippen molar-refractivity contribution in [2.45, 2.75) is 24.4 Å². The summed E-state index contributed by atoms with van der Waals surface area (Å²) in [6, 6.07) is 7.00. The topological polar surface area (TPSA) is 74.4 Å². The first-order valence-corrected chi connectivity index (χ1v) is 9.97. The molecule has 170 valence electrons. The maximum Gasteiger partial charge on any atom is 0.416 e. The van der Waals surface area contributed by atoms with Crippen LogP contribution in [-0.2, 0) is 6.18 Å². The molecule has 3 heterocycles. The van der Waals surface area contributed by atoms with E-state index in [4.69, 9.17) is 9.47 Å². The molecule has 7 nitrogen and oxygen atoms in total. The number of ether oxygens (including phenoxy) is 2. The van der Waals surface area contributed by atoms with Crippen molar-refractivity contribution in [3.05, 3.63) is 65.4 Å². The summed E-state index contributed by atoms with van der Waals surface area (Å²) in [5.41, 5.74) is 1.96. The lowest BCUT2D eigenvalue weighted by Gasteiger charge is -2.11. The molecule has 0 spiro atoms. The lowest BCUT2D eigenvalue weighted by atomic mass is 10.0. The van der Waals surface area contributed by atoms with E-state index < -0.39 is 17.7 Å². The van der Waals surface area contributed by atoms with Gasteiger partial charge < -0.3 is 9.47 Å². The van der Waals surface area contributed by atoms with Crippen molar-refractivity contribution in [2.24, 2.45) is 0 Å². The maximum absolute atomic E-state index is 14.4. The molecule has 0 N–H and O–H groups in total. The number of hydrogen-bond donors (Lipinski definition) is 0. The Kier molecular flexibility index (Phi) is 4.91. The van der Waals surface area contributed by atoms with E-state index in [0.717, 1.165) is 34.0 Å². The molecule has 4 aromatic rings. The number of nitrogens with zero attached hydrogens (tertiary/aromatic N) is 5. The molecule has 1 fully saturated rings. The van der Waals surface area contributed by atoms with E-state index in [1.807, 2.05) is 0 Å². The molecule has 1 aliphatic rings. The summed E-state index contributed by atoms with van der Waals surface area (Å²) in [5.74, 6) is -0.512. The maximum atomic E-state index is 14.4. The van der Waals surface area contributed by atoms with Gasteiger partial charge in [-0.1, -0.05) is 12.1 Å². The Hall–Kier alpha value is -3.76. The molecular formula is C22H17F4N5O2. The standard InChI is InChI=1S/C22H17F4N5O2/c1-32-20-16(9-28-21(29-20)33-2)17-8-15(19-27-10-18(23)31(19)30-17)14-7-13(14)11-3-5-12(6-4-11)22(24,25)26/h3-6,8-10,13-14H,7H2,1-2H3/t13-,14+/m1/s1. The average molecular weight is 459 g/mol. The molecule has 33 heavy (non-hydrogen) atoms. The van der Waals surface area contributed by atoms with Gasteiger partial charge in [0.2, 0.25) is 11.8 Å². The molecule has 0 radical (unpaired) electrons. The largest absolute Gasteiger partial charge is 0.480 e. The van der Waals surface area contributed by atoms with Gasteiger partial charge in [-0.05, 0) is 42.0 Å². The van der Waals surface area contributed by atoms with Crippen LogP contribution in [0.1, 0.15) is 34.9 Å². The average Bonchev–Trinajstić information content (AvgIpc) is 3.53. The van der Waals surface area contributed by atoms with Crippen molar-refractivity contribution >= 4 is 5.65 Å². The predicted molar refractivity (Wildman–Crippen MR) is 109 cm³/mol. The zero-order valence-corrected chi connectivity index (χ0v) is 17.5. The van der Waals surface area contributed by atoms with Gasteiger partial charge >= 0.3 is 12.2 Å². The summed E-state index contributed by atoms with van der Waals surface area (Å²) in [4.78, 5) is 12.4. The Bertz CT molecular complexity index is 1340. The zero-order valence-electron chi connectivity index (χ0n) is 17.5. The van der Waals surface area contributed by atoms with Crippen LogP contribution in [0.5, 0.6) is 11.9 Å². The van der Waals surface area contributed by atoms with Crippen LogP contribution in [0.4, 0.5) is 17.6 Å². The molecule has 0 amide bonds. The highest BCUT2D eigenvalue weighted by atomic mass is 19.4. The van der Waals surface area contributed by atoms with Crippen molar-refractivity contribution in [2.75, 3.05) is 14.2 Å². The molecular weight excluding hydrogens is 442 g/mol. The van der Waals surface area contributed by atoms with Crippen molar-refractivity contribution in [3.63, 3.8) is 0 Å². The second kappa shape index (κ2) is 7.68. The number of hydrogen-bond acceptors (Lipinski definition) is 6. The lowest BCUT2D eigenvalue weighted by molar-refractivity contribution is -0.137. The predicted octanol–water partition coefficient (Wildman–Crippen LogP) is 4.63. The van der Waals surface area contributed by atoms with E-state index in [9.17, 15) is 17.6 Å². The number of halogens is 4. The van der Waals surface area contributed by atoms with Gasteiger partial charge in [0.05, 0.1) is 37.2 Å². The Labute approximate surface area is 185 Å². The van der Waals surface area contributed by atoms with Gasteiger partial charge in [0.1, 0.15) is 0 Å². The van der Waals surface area contributed by atoms with Gasteiger partial charge in [-0.25, -0.2) is 9.97 Å². The Morgan fingerprint density at radius 1 is 1.00 bits per heavy atom. The van der Waals surface area contributed by atoms with Crippen LogP contribution in [0.15, 0.2) is 42.7 Å². The molecule has 11 heteroatoms. The number of alkyl halides is 3. The minimum Gasteiger partial charge on any atom is -0.480 e. The van der Waals surface area contributed by atoms with Crippen molar-refractivity contribution in [1.29, 1.82) is 0 Å². The minimum absolute atomic E-state index is 0.0138. The molecule has 3 aromatic heterocycles. The van der Waals surface area contributed by atoms with Crippen molar-refractivity contribution < 1.29 is 27.0 Å². The summed E-state index contributed by atoms with van der Waals surface area (Å²) in [6.45, 7) is 0. The Morgan fingerprint density at radius 2 is 1.76 bits per heavy atom. The number of aromatic nitrogens is 5. The van der Waals surface area contributed by atoms with Gasteiger partial charge in [-0.3, -0.25) is 0 Å². The lowest BCUT2D eigenvalue weighted by Crippen LogP contribution is -2.05. The third-order valence-corrected chi connectivity index (χ3v) is 5.69. The Morgan fingerprint density at radius 3 is 2.42 bits per heavy atom. The first-order valence-electron chi connectivity index (χ1n) is 9.97. The fourth-order valence-electron chi connectivity index (χ4n) is 3.98. The van der Waals surface area contributed by atoms with Crippen LogP contribution in [-0.4, -0.2) is 38.8 Å². The van der Waals surface area contributed by atoms with Gasteiger partial charge in [-0.15, -0.1) is 0 Å². The molecule has 5 rings (SSSR count). The monoisotopic (exact) mass is 459 g/mol. The normalized spacial score (nSPS) is 17.9. The summed E-state index contributed by atoms with van der Waals surface area (Å²) in [7, 11) is 2.86. The van der Waals surface area contributed by atoms with Crippen LogP contribution in [0.3, 0.4) is 0 Å². The number of rotatable bonds is 5.